The van der Waals surface area contributed by atoms with Gasteiger partial charge in [0.2, 0.25) is 0 Å². The molecule has 2 aromatic carbocycles. The van der Waals surface area contributed by atoms with Crippen LogP contribution in [0, 0.1) is 0 Å². The smallest absolute Gasteiger partial charge is 0.408 e. The number of amides is 1. The third-order valence-corrected chi connectivity index (χ3v) is 8.22. The summed E-state index contributed by atoms with van der Waals surface area (Å²) in [6.07, 6.45) is -0.543. The number of rotatable bonds is 12. The average Bonchev–Trinajstić information content (AvgIpc) is 2.87. The second kappa shape index (κ2) is 14.8. The van der Waals surface area contributed by atoms with Gasteiger partial charge >= 0.3 is 18.0 Å². The van der Waals surface area contributed by atoms with Gasteiger partial charge in [-0.05, 0) is 65.2 Å². The van der Waals surface area contributed by atoms with E-state index in [-0.39, 0.29) is 31.7 Å². The summed E-state index contributed by atoms with van der Waals surface area (Å²) in [5, 5.41) is 3.64. The van der Waals surface area contributed by atoms with Crippen LogP contribution in [0.25, 0.3) is 0 Å². The van der Waals surface area contributed by atoms with Gasteiger partial charge in [-0.2, -0.15) is 0 Å². The Morgan fingerprint density at radius 3 is 2.02 bits per heavy atom. The van der Waals surface area contributed by atoms with Crippen LogP contribution in [-0.4, -0.2) is 55.2 Å². The van der Waals surface area contributed by atoms with Crippen LogP contribution in [-0.2, 0) is 36.8 Å². The van der Waals surface area contributed by atoms with Gasteiger partial charge in [-0.3, -0.25) is 9.59 Å². The van der Waals surface area contributed by atoms with Gasteiger partial charge in [-0.1, -0.05) is 67.3 Å². The highest BCUT2D eigenvalue weighted by Crippen LogP contribution is 2.17. The van der Waals surface area contributed by atoms with Crippen LogP contribution >= 0.6 is 0 Å². The lowest BCUT2D eigenvalue weighted by Crippen LogP contribution is -2.46. The summed E-state index contributed by atoms with van der Waals surface area (Å²) < 4.78 is 16.3. The second-order valence-electron chi connectivity index (χ2n) is 13.8. The maximum atomic E-state index is 13.4. The van der Waals surface area contributed by atoms with Crippen LogP contribution < -0.4 is 16.2 Å². The first-order valence-corrected chi connectivity index (χ1v) is 18.1. The Morgan fingerprint density at radius 2 is 1.47 bits per heavy atom. The van der Waals surface area contributed by atoms with Gasteiger partial charge in [0.05, 0.1) is 14.1 Å². The number of nitrogens with one attached hydrogen (secondary N) is 1. The zero-order valence-corrected chi connectivity index (χ0v) is 28.0. The number of alkyl carbamates (subject to hydrolysis) is 1. The van der Waals surface area contributed by atoms with Crippen molar-refractivity contribution >= 4 is 37.1 Å². The van der Waals surface area contributed by atoms with Gasteiger partial charge < -0.3 is 25.3 Å². The fourth-order valence-corrected chi connectivity index (χ4v) is 5.31. The number of hydrogen-bond donors (Lipinski definition) is 2. The zero-order valence-electron chi connectivity index (χ0n) is 27.0. The minimum absolute atomic E-state index is 0.0144. The third-order valence-electron chi connectivity index (χ3n) is 6.20. The SMILES string of the molecule is CC(C)(C)OC(=O)CC[C@H](N)C(=O)c1cc(C[C@H](NC(=O)OCc2ccccc2)C(=O)OC(C)(C)C)cc([Si](C)(C)C)c1. The van der Waals surface area contributed by atoms with E-state index in [4.69, 9.17) is 19.9 Å². The predicted molar refractivity (Wildman–Crippen MR) is 170 cm³/mol. The third kappa shape index (κ3) is 13.1. The molecule has 0 aliphatic rings. The van der Waals surface area contributed by atoms with Crippen molar-refractivity contribution in [2.24, 2.45) is 5.73 Å². The molecule has 236 valence electrons. The van der Waals surface area contributed by atoms with E-state index in [1.807, 2.05) is 42.5 Å². The maximum absolute atomic E-state index is 13.4. The topological polar surface area (TPSA) is 134 Å². The van der Waals surface area contributed by atoms with Gasteiger partial charge in [-0.25, -0.2) is 9.59 Å². The highest BCUT2D eigenvalue weighted by molar-refractivity contribution is 6.88. The Balaban J connectivity index is 2.31. The normalized spacial score (nSPS) is 13.4. The van der Waals surface area contributed by atoms with Crippen LogP contribution in [0.5, 0.6) is 0 Å². The van der Waals surface area contributed by atoms with Crippen molar-refractivity contribution in [3.8, 4) is 0 Å². The first-order chi connectivity index (χ1) is 19.7. The van der Waals surface area contributed by atoms with Crippen molar-refractivity contribution in [1.82, 2.24) is 5.32 Å². The molecule has 0 unspecified atom stereocenters. The summed E-state index contributed by atoms with van der Waals surface area (Å²) in [4.78, 5) is 51.6. The predicted octanol–water partition coefficient (Wildman–Crippen LogP) is 5.04. The summed E-state index contributed by atoms with van der Waals surface area (Å²) in [5.74, 6) is -1.35. The average molecular weight is 613 g/mol. The monoisotopic (exact) mass is 612 g/mol. The molecule has 0 aliphatic heterocycles. The Morgan fingerprint density at radius 1 is 0.860 bits per heavy atom. The fraction of sp³-hybridized carbons (Fsp3) is 0.515. The second-order valence-corrected chi connectivity index (χ2v) is 18.8. The van der Waals surface area contributed by atoms with Crippen LogP contribution in [0.2, 0.25) is 19.6 Å². The summed E-state index contributed by atoms with van der Waals surface area (Å²) in [6, 6.07) is 12.7. The lowest BCUT2D eigenvalue weighted by molar-refractivity contribution is -0.157. The summed E-state index contributed by atoms with van der Waals surface area (Å²) in [6.45, 7) is 17.1. The van der Waals surface area contributed by atoms with Crippen molar-refractivity contribution in [3.63, 3.8) is 0 Å². The molecule has 0 aliphatic carbocycles. The van der Waals surface area contributed by atoms with Gasteiger partial charge in [0.1, 0.15) is 23.9 Å². The van der Waals surface area contributed by atoms with Crippen molar-refractivity contribution in [1.29, 1.82) is 0 Å². The van der Waals surface area contributed by atoms with E-state index in [1.54, 1.807) is 47.6 Å². The molecule has 0 radical (unpaired) electrons. The molecule has 0 aromatic heterocycles. The van der Waals surface area contributed by atoms with Crippen LogP contribution in [0.3, 0.4) is 0 Å². The van der Waals surface area contributed by atoms with Gasteiger partial charge in [0.15, 0.2) is 5.78 Å². The Hall–Kier alpha value is -3.50. The Kier molecular flexibility index (Phi) is 12.3. The number of carbonyl (C=O) groups excluding carboxylic acids is 4. The van der Waals surface area contributed by atoms with E-state index in [1.165, 1.54) is 0 Å². The first kappa shape index (κ1) is 35.7. The number of Topliss-reactive ketones (excluding diaryl/α,β-unsaturated/α-hetero) is 1. The Bertz CT molecular complexity index is 1270. The number of hydrogen-bond acceptors (Lipinski definition) is 8. The fourth-order valence-electron chi connectivity index (χ4n) is 4.11. The molecule has 43 heavy (non-hydrogen) atoms. The van der Waals surface area contributed by atoms with Crippen molar-refractivity contribution in [3.05, 3.63) is 65.2 Å². The summed E-state index contributed by atoms with van der Waals surface area (Å²) >= 11 is 0. The number of ether oxygens (including phenoxy) is 3. The minimum atomic E-state index is -1.93. The molecule has 0 saturated carbocycles. The zero-order chi connectivity index (χ0) is 32.6. The standard InChI is InChI=1S/C33H48N2O7Si/c1-32(2,3)41-28(36)16-15-26(34)29(37)24-17-23(18-25(20-24)43(7,8)9)19-27(30(38)42-33(4,5)6)35-31(39)40-21-22-13-11-10-12-14-22/h10-14,17-18,20,26-27H,15-16,19,21,34H2,1-9H3,(H,35,39)/t26-,27-/m0/s1. The highest BCUT2D eigenvalue weighted by Gasteiger charge is 2.29. The van der Waals surface area contributed by atoms with Crippen molar-refractivity contribution in [2.45, 2.75) is 110 Å². The molecule has 1 amide bonds. The van der Waals surface area contributed by atoms with Crippen LogP contribution in [0.4, 0.5) is 4.79 Å². The molecule has 2 atom stereocenters. The Labute approximate surface area is 256 Å². The van der Waals surface area contributed by atoms with Gasteiger partial charge in [-0.15, -0.1) is 0 Å². The highest BCUT2D eigenvalue weighted by atomic mass is 28.3. The summed E-state index contributed by atoms with van der Waals surface area (Å²) in [5.41, 5.74) is 6.70. The molecule has 0 spiro atoms. The molecule has 2 rings (SSSR count). The van der Waals surface area contributed by atoms with E-state index >= 15 is 0 Å². The molecule has 0 heterocycles. The van der Waals surface area contributed by atoms with Crippen molar-refractivity contribution < 1.29 is 33.4 Å². The van der Waals surface area contributed by atoms with Gasteiger partial charge in [0, 0.05) is 18.4 Å². The molecule has 0 bridgehead atoms. The molecule has 3 N–H and O–H groups in total. The maximum Gasteiger partial charge on any atom is 0.408 e. The molecular formula is C33H48N2O7Si. The minimum Gasteiger partial charge on any atom is -0.460 e. The number of benzene rings is 2. The van der Waals surface area contributed by atoms with E-state index < -0.39 is 49.4 Å². The number of ketones is 1. The van der Waals surface area contributed by atoms with E-state index in [0.29, 0.717) is 11.1 Å². The molecule has 0 fully saturated rings. The van der Waals surface area contributed by atoms with E-state index in [2.05, 4.69) is 25.0 Å². The lowest BCUT2D eigenvalue weighted by Gasteiger charge is -2.25. The largest absolute Gasteiger partial charge is 0.460 e. The van der Waals surface area contributed by atoms with E-state index in [0.717, 1.165) is 10.8 Å². The quantitative estimate of drug-likeness (QED) is 0.147. The number of nitrogens with two attached hydrogens (primary N) is 1. The van der Waals surface area contributed by atoms with E-state index in [9.17, 15) is 19.2 Å². The lowest BCUT2D eigenvalue weighted by atomic mass is 9.97. The molecule has 0 saturated heterocycles. The molecule has 9 nitrogen and oxygen atoms in total. The van der Waals surface area contributed by atoms with Crippen LogP contribution in [0.1, 0.15) is 75.9 Å². The number of esters is 2. The summed E-state index contributed by atoms with van der Waals surface area (Å²) in [7, 11) is -1.93. The van der Waals surface area contributed by atoms with Crippen LogP contribution in [0.15, 0.2) is 48.5 Å². The molecule has 10 heteroatoms. The van der Waals surface area contributed by atoms with Crippen molar-refractivity contribution in [2.75, 3.05) is 0 Å². The van der Waals surface area contributed by atoms with Gasteiger partial charge in [0.25, 0.3) is 0 Å². The molecule has 2 aromatic rings. The number of carbonyl (C=O) groups is 4. The molecular weight excluding hydrogens is 564 g/mol. The first-order valence-electron chi connectivity index (χ1n) is 14.6.